The van der Waals surface area contributed by atoms with Crippen LogP contribution in [0, 0.1) is 0 Å². The lowest BCUT2D eigenvalue weighted by molar-refractivity contribution is -0.136. The van der Waals surface area contributed by atoms with Crippen LogP contribution in [0.25, 0.3) is 0 Å². The zero-order chi connectivity index (χ0) is 19.7. The quantitative estimate of drug-likeness (QED) is 0.757. The van der Waals surface area contributed by atoms with E-state index in [1.165, 1.54) is 19.1 Å². The highest BCUT2D eigenvalue weighted by molar-refractivity contribution is 5.90. The average molecular weight is 382 g/mol. The second-order valence-electron chi connectivity index (χ2n) is 6.19. The average Bonchev–Trinajstić information content (AvgIpc) is 3.07. The number of hydrogen-bond acceptors (Lipinski definition) is 4. The monoisotopic (exact) mass is 382 g/mol. The maximum atomic E-state index is 13.0. The maximum absolute atomic E-state index is 13.0. The molecule has 144 valence electrons. The summed E-state index contributed by atoms with van der Waals surface area (Å²) in [5.41, 5.74) is -2.34. The lowest BCUT2D eigenvalue weighted by Crippen LogP contribution is -2.40. The van der Waals surface area contributed by atoms with Gasteiger partial charge in [-0.3, -0.25) is 0 Å². The first kappa shape index (κ1) is 18.8. The first-order valence-corrected chi connectivity index (χ1v) is 8.00. The molecule has 0 fully saturated rings. The molecule has 2 aromatic carbocycles. The summed E-state index contributed by atoms with van der Waals surface area (Å²) in [4.78, 5) is 12.0. The van der Waals surface area contributed by atoms with Gasteiger partial charge >= 0.3 is 12.2 Å². The van der Waals surface area contributed by atoms with E-state index >= 15 is 0 Å². The van der Waals surface area contributed by atoms with Crippen LogP contribution in [0.5, 0.6) is 11.5 Å². The van der Waals surface area contributed by atoms with Gasteiger partial charge in [0.1, 0.15) is 5.60 Å². The molecule has 2 aromatic rings. The number of alkyl halides is 3. The molecule has 0 saturated heterocycles. The van der Waals surface area contributed by atoms with Gasteiger partial charge in [-0.1, -0.05) is 18.2 Å². The van der Waals surface area contributed by atoms with Crippen molar-refractivity contribution in [3.05, 3.63) is 53.6 Å². The number of hydrogen-bond donors (Lipinski definition) is 3. The van der Waals surface area contributed by atoms with E-state index < -0.39 is 23.4 Å². The van der Waals surface area contributed by atoms with E-state index in [1.807, 2.05) is 0 Å². The van der Waals surface area contributed by atoms with Crippen molar-refractivity contribution in [1.29, 1.82) is 0 Å². The molecule has 1 aliphatic rings. The van der Waals surface area contributed by atoms with Gasteiger partial charge in [-0.25, -0.2) is 4.79 Å². The Morgan fingerprint density at radius 1 is 1.15 bits per heavy atom. The minimum Gasteiger partial charge on any atom is -0.454 e. The van der Waals surface area contributed by atoms with Crippen LogP contribution in [0.15, 0.2) is 42.5 Å². The fraction of sp³-hybridized carbons (Fsp3) is 0.278. The van der Waals surface area contributed by atoms with Gasteiger partial charge in [-0.2, -0.15) is 13.2 Å². The Hall–Kier alpha value is -2.94. The lowest BCUT2D eigenvalue weighted by Gasteiger charge is -2.24. The van der Waals surface area contributed by atoms with E-state index in [9.17, 15) is 23.1 Å². The predicted octanol–water partition coefficient (Wildman–Crippen LogP) is 3.46. The molecule has 3 N–H and O–H groups in total. The van der Waals surface area contributed by atoms with Crippen molar-refractivity contribution in [3.63, 3.8) is 0 Å². The first-order chi connectivity index (χ1) is 12.7. The second-order valence-corrected chi connectivity index (χ2v) is 6.19. The molecule has 9 heteroatoms. The second kappa shape index (κ2) is 6.99. The number of amides is 2. The summed E-state index contributed by atoms with van der Waals surface area (Å²) < 4.78 is 49.3. The van der Waals surface area contributed by atoms with Crippen LogP contribution in [0.3, 0.4) is 0 Å². The number of urea groups is 1. The van der Waals surface area contributed by atoms with Crippen molar-refractivity contribution in [3.8, 4) is 11.5 Å². The van der Waals surface area contributed by atoms with Crippen LogP contribution in [0.4, 0.5) is 23.7 Å². The number of ether oxygens (including phenoxy) is 2. The summed E-state index contributed by atoms with van der Waals surface area (Å²) in [5, 5.41) is 15.1. The van der Waals surface area contributed by atoms with Crippen molar-refractivity contribution in [1.82, 2.24) is 5.32 Å². The number of halogens is 3. The van der Waals surface area contributed by atoms with E-state index in [-0.39, 0.29) is 19.0 Å². The Bertz CT molecular complexity index is 853. The molecule has 3 rings (SSSR count). The van der Waals surface area contributed by atoms with E-state index in [0.717, 1.165) is 12.1 Å². The minimum atomic E-state index is -4.60. The zero-order valence-electron chi connectivity index (χ0n) is 14.3. The van der Waals surface area contributed by atoms with Crippen molar-refractivity contribution < 1.29 is 32.5 Å². The number of para-hydroxylation sites is 1. The SMILES string of the molecule is CC(O)(CNC(=O)Nc1ccccc1C(F)(F)F)c1ccc2c(c1)OCO2. The van der Waals surface area contributed by atoms with E-state index in [2.05, 4.69) is 10.6 Å². The molecular weight excluding hydrogens is 365 g/mol. The molecule has 1 unspecified atom stereocenters. The molecule has 0 spiro atoms. The summed E-state index contributed by atoms with van der Waals surface area (Å²) in [5.74, 6) is 1.01. The Kier molecular flexibility index (Phi) is 4.88. The third-order valence-corrected chi connectivity index (χ3v) is 4.07. The summed E-state index contributed by atoms with van der Waals surface area (Å²) in [6.45, 7) is 1.32. The van der Waals surface area contributed by atoms with Gasteiger partial charge < -0.3 is 25.2 Å². The third kappa shape index (κ3) is 4.25. The smallest absolute Gasteiger partial charge is 0.418 e. The normalized spacial score (nSPS) is 15.1. The number of rotatable bonds is 4. The maximum Gasteiger partial charge on any atom is 0.418 e. The number of fused-ring (bicyclic) bond motifs is 1. The Labute approximate surface area is 152 Å². The van der Waals surface area contributed by atoms with Crippen LogP contribution >= 0.6 is 0 Å². The van der Waals surface area contributed by atoms with Gasteiger partial charge in [0.2, 0.25) is 6.79 Å². The minimum absolute atomic E-state index is 0.0835. The largest absolute Gasteiger partial charge is 0.454 e. The first-order valence-electron chi connectivity index (χ1n) is 8.00. The molecule has 2 amide bonds. The molecule has 6 nitrogen and oxygen atoms in total. The molecule has 1 atom stereocenters. The summed E-state index contributed by atoms with van der Waals surface area (Å²) in [6, 6.07) is 8.60. The van der Waals surface area contributed by atoms with Crippen molar-refractivity contribution in [2.75, 3.05) is 18.7 Å². The summed E-state index contributed by atoms with van der Waals surface area (Å²) in [6.07, 6.45) is -4.60. The Morgan fingerprint density at radius 2 is 1.85 bits per heavy atom. The summed E-state index contributed by atoms with van der Waals surface area (Å²) in [7, 11) is 0. The van der Waals surface area contributed by atoms with Gasteiger partial charge in [-0.15, -0.1) is 0 Å². The van der Waals surface area contributed by atoms with Gasteiger partial charge in [0.15, 0.2) is 11.5 Å². The third-order valence-electron chi connectivity index (χ3n) is 4.07. The number of carbonyl (C=O) groups is 1. The van der Waals surface area contributed by atoms with Gasteiger partial charge in [0.05, 0.1) is 17.8 Å². The standard InChI is InChI=1S/C18H17F3N2O4/c1-17(25,11-6-7-14-15(8-11)27-10-26-14)9-22-16(24)23-13-5-3-2-4-12(13)18(19,20)21/h2-8,25H,9-10H2,1H3,(H2,22,23,24). The molecule has 1 aliphatic heterocycles. The van der Waals surface area contributed by atoms with Crippen molar-refractivity contribution in [2.45, 2.75) is 18.7 Å². The molecule has 0 radical (unpaired) electrons. The van der Waals surface area contributed by atoms with Crippen LogP contribution in [-0.4, -0.2) is 24.5 Å². The zero-order valence-corrected chi connectivity index (χ0v) is 14.3. The predicted molar refractivity (Wildman–Crippen MR) is 90.6 cm³/mol. The molecule has 0 aromatic heterocycles. The van der Waals surface area contributed by atoms with E-state index in [1.54, 1.807) is 18.2 Å². The number of benzene rings is 2. The molecular formula is C18H17F3N2O4. The Morgan fingerprint density at radius 3 is 2.59 bits per heavy atom. The van der Waals surface area contributed by atoms with Gasteiger partial charge in [0.25, 0.3) is 0 Å². The number of nitrogens with one attached hydrogen (secondary N) is 2. The fourth-order valence-electron chi connectivity index (χ4n) is 2.59. The molecule has 27 heavy (non-hydrogen) atoms. The lowest BCUT2D eigenvalue weighted by atomic mass is 9.95. The fourth-order valence-corrected chi connectivity index (χ4v) is 2.59. The number of aliphatic hydroxyl groups is 1. The van der Waals surface area contributed by atoms with Crippen molar-refractivity contribution in [2.24, 2.45) is 0 Å². The molecule has 0 bridgehead atoms. The van der Waals surface area contributed by atoms with Crippen LogP contribution in [-0.2, 0) is 11.8 Å². The van der Waals surface area contributed by atoms with Gasteiger partial charge in [0, 0.05) is 0 Å². The number of carbonyl (C=O) groups excluding carboxylic acids is 1. The number of anilines is 1. The molecule has 0 saturated carbocycles. The van der Waals surface area contributed by atoms with Crippen LogP contribution < -0.4 is 20.1 Å². The highest BCUT2D eigenvalue weighted by Crippen LogP contribution is 2.36. The summed E-state index contributed by atoms with van der Waals surface area (Å²) >= 11 is 0. The molecule has 1 heterocycles. The molecule has 0 aliphatic carbocycles. The van der Waals surface area contributed by atoms with Gasteiger partial charge in [-0.05, 0) is 36.8 Å². The highest BCUT2D eigenvalue weighted by Gasteiger charge is 2.34. The van der Waals surface area contributed by atoms with Crippen molar-refractivity contribution >= 4 is 11.7 Å². The van der Waals surface area contributed by atoms with Crippen LogP contribution in [0.1, 0.15) is 18.1 Å². The Balaban J connectivity index is 1.65. The van der Waals surface area contributed by atoms with E-state index in [4.69, 9.17) is 9.47 Å². The topological polar surface area (TPSA) is 79.8 Å². The van der Waals surface area contributed by atoms with E-state index in [0.29, 0.717) is 17.1 Å². The van der Waals surface area contributed by atoms with Crippen LogP contribution in [0.2, 0.25) is 0 Å². The highest BCUT2D eigenvalue weighted by atomic mass is 19.4.